The fourth-order valence-corrected chi connectivity index (χ4v) is 6.76. The zero-order valence-electron chi connectivity index (χ0n) is 22.3. The van der Waals surface area contributed by atoms with Gasteiger partial charge in [-0.1, -0.05) is 30.3 Å². The molecular weight excluding hydrogens is 514 g/mol. The van der Waals surface area contributed by atoms with Gasteiger partial charge in [-0.05, 0) is 60.3 Å². The molecule has 40 heavy (non-hydrogen) atoms. The van der Waals surface area contributed by atoms with Crippen LogP contribution in [-0.4, -0.2) is 77.7 Å². The predicted octanol–water partition coefficient (Wildman–Crippen LogP) is 5.48. The molecule has 7 rings (SSSR count). The van der Waals surface area contributed by atoms with E-state index < -0.39 is 12.0 Å². The van der Waals surface area contributed by atoms with Crippen molar-refractivity contribution in [1.82, 2.24) is 14.9 Å². The summed E-state index contributed by atoms with van der Waals surface area (Å²) in [6.45, 7) is 4.09. The average Bonchev–Trinajstić information content (AvgIpc) is 3.33. The maximum absolute atomic E-state index is 16.5. The molecule has 1 N–H and O–H groups in total. The Balaban J connectivity index is 1.34. The fraction of sp³-hybridized carbons (Fsp3) is 0.419. The Morgan fingerprint density at radius 1 is 1.00 bits per heavy atom. The standard InChI is InChI=1S/C31H32F2N4O3/c32-21-17-31(9-3-11-37(31)18-21)19-40-30-34-28-25(29(35-30)36-10-4-13-39-14-12-36)8-7-24(27(28)33)26-16-22(38)15-20-5-1-2-6-23(20)26/h1-2,5-8,15-16,21,38H,3-4,9-14,17-19H2/t21-,31-/m1/s1. The van der Waals surface area contributed by atoms with Crippen molar-refractivity contribution < 1.29 is 23.4 Å². The first-order valence-corrected chi connectivity index (χ1v) is 14.1. The highest BCUT2D eigenvalue weighted by molar-refractivity contribution is 6.01. The second kappa shape index (κ2) is 10.1. The number of hydrogen-bond donors (Lipinski definition) is 1. The van der Waals surface area contributed by atoms with E-state index in [-0.39, 0.29) is 29.4 Å². The van der Waals surface area contributed by atoms with Crippen molar-refractivity contribution in [3.05, 3.63) is 54.3 Å². The van der Waals surface area contributed by atoms with E-state index in [0.29, 0.717) is 61.6 Å². The van der Waals surface area contributed by atoms with Gasteiger partial charge in [-0.25, -0.2) is 8.78 Å². The van der Waals surface area contributed by atoms with Gasteiger partial charge in [-0.2, -0.15) is 9.97 Å². The quantitative estimate of drug-likeness (QED) is 0.356. The Hall–Kier alpha value is -3.56. The lowest BCUT2D eigenvalue weighted by atomic mass is 9.95. The molecule has 4 heterocycles. The number of benzene rings is 3. The van der Waals surface area contributed by atoms with E-state index in [1.807, 2.05) is 30.3 Å². The number of halogens is 2. The summed E-state index contributed by atoms with van der Waals surface area (Å²) in [7, 11) is 0. The van der Waals surface area contributed by atoms with Gasteiger partial charge in [0.15, 0.2) is 5.82 Å². The van der Waals surface area contributed by atoms with Gasteiger partial charge in [-0.3, -0.25) is 4.90 Å². The number of aromatic nitrogens is 2. The Morgan fingerprint density at radius 2 is 1.90 bits per heavy atom. The molecule has 208 valence electrons. The van der Waals surface area contributed by atoms with Gasteiger partial charge >= 0.3 is 6.01 Å². The van der Waals surface area contributed by atoms with Crippen LogP contribution < -0.4 is 9.64 Å². The summed E-state index contributed by atoms with van der Waals surface area (Å²) in [4.78, 5) is 13.7. The van der Waals surface area contributed by atoms with Crippen molar-refractivity contribution in [2.45, 2.75) is 37.4 Å². The molecule has 0 unspecified atom stereocenters. The molecule has 0 bridgehead atoms. The number of nitrogens with zero attached hydrogens (tertiary/aromatic N) is 4. The van der Waals surface area contributed by atoms with Crippen LogP contribution in [-0.2, 0) is 4.74 Å². The van der Waals surface area contributed by atoms with Crippen LogP contribution >= 0.6 is 0 Å². The number of phenols is 1. The lowest BCUT2D eigenvalue weighted by Crippen LogP contribution is -2.43. The molecule has 0 radical (unpaired) electrons. The molecule has 3 aliphatic rings. The number of ether oxygens (including phenoxy) is 2. The molecule has 1 aromatic heterocycles. The molecule has 3 saturated heterocycles. The minimum atomic E-state index is -0.869. The van der Waals surface area contributed by atoms with Crippen LogP contribution in [0.1, 0.15) is 25.7 Å². The van der Waals surface area contributed by atoms with Crippen molar-refractivity contribution in [2.75, 3.05) is 50.9 Å². The summed E-state index contributed by atoms with van der Waals surface area (Å²) < 4.78 is 42.7. The van der Waals surface area contributed by atoms with E-state index in [1.165, 1.54) is 0 Å². The molecule has 0 amide bonds. The van der Waals surface area contributed by atoms with Crippen LogP contribution in [0.15, 0.2) is 48.5 Å². The second-order valence-corrected chi connectivity index (χ2v) is 11.2. The molecule has 0 aliphatic carbocycles. The highest BCUT2D eigenvalue weighted by Gasteiger charge is 2.49. The van der Waals surface area contributed by atoms with Crippen LogP contribution in [0.4, 0.5) is 14.6 Å². The monoisotopic (exact) mass is 546 g/mol. The molecule has 9 heteroatoms. The minimum Gasteiger partial charge on any atom is -0.508 e. The number of alkyl halides is 1. The highest BCUT2D eigenvalue weighted by atomic mass is 19.1. The molecule has 7 nitrogen and oxygen atoms in total. The third kappa shape index (κ3) is 4.41. The van der Waals surface area contributed by atoms with Gasteiger partial charge in [-0.15, -0.1) is 0 Å². The summed E-state index contributed by atoms with van der Waals surface area (Å²) >= 11 is 0. The molecule has 0 saturated carbocycles. The summed E-state index contributed by atoms with van der Waals surface area (Å²) in [6, 6.07) is 14.5. The maximum Gasteiger partial charge on any atom is 0.319 e. The number of fused-ring (bicyclic) bond motifs is 3. The van der Waals surface area contributed by atoms with E-state index in [4.69, 9.17) is 14.5 Å². The normalized spacial score (nSPS) is 23.6. The largest absolute Gasteiger partial charge is 0.508 e. The zero-order chi connectivity index (χ0) is 27.3. The first-order valence-electron chi connectivity index (χ1n) is 14.1. The molecule has 2 atom stereocenters. The van der Waals surface area contributed by atoms with Crippen LogP contribution in [0.5, 0.6) is 11.8 Å². The summed E-state index contributed by atoms with van der Waals surface area (Å²) in [5, 5.41) is 12.6. The fourth-order valence-electron chi connectivity index (χ4n) is 6.76. The Morgan fingerprint density at radius 3 is 2.83 bits per heavy atom. The Bertz CT molecular complexity index is 1580. The third-order valence-electron chi connectivity index (χ3n) is 8.66. The van der Waals surface area contributed by atoms with Crippen molar-refractivity contribution in [2.24, 2.45) is 0 Å². The highest BCUT2D eigenvalue weighted by Crippen LogP contribution is 2.41. The van der Waals surface area contributed by atoms with Gasteiger partial charge in [0, 0.05) is 43.6 Å². The Kier molecular flexibility index (Phi) is 6.43. The number of aromatic hydroxyl groups is 1. The van der Waals surface area contributed by atoms with E-state index >= 15 is 4.39 Å². The first kappa shape index (κ1) is 25.4. The van der Waals surface area contributed by atoms with Crippen LogP contribution in [0.25, 0.3) is 32.8 Å². The van der Waals surface area contributed by atoms with Gasteiger partial charge < -0.3 is 19.5 Å². The predicted molar refractivity (Wildman–Crippen MR) is 150 cm³/mol. The Labute approximate surface area is 231 Å². The van der Waals surface area contributed by atoms with Crippen molar-refractivity contribution >= 4 is 27.5 Å². The van der Waals surface area contributed by atoms with Gasteiger partial charge in [0.2, 0.25) is 0 Å². The smallest absolute Gasteiger partial charge is 0.319 e. The van der Waals surface area contributed by atoms with Gasteiger partial charge in [0.05, 0.1) is 12.1 Å². The first-order chi connectivity index (χ1) is 19.5. The molecule has 3 aromatic carbocycles. The molecule has 4 aromatic rings. The van der Waals surface area contributed by atoms with Crippen molar-refractivity contribution in [3.8, 4) is 22.9 Å². The van der Waals surface area contributed by atoms with Crippen LogP contribution in [0.3, 0.4) is 0 Å². The summed E-state index contributed by atoms with van der Waals surface area (Å²) in [5.74, 6) is 0.165. The van der Waals surface area contributed by atoms with Crippen molar-refractivity contribution in [3.63, 3.8) is 0 Å². The lowest BCUT2D eigenvalue weighted by molar-refractivity contribution is 0.107. The summed E-state index contributed by atoms with van der Waals surface area (Å²) in [5.41, 5.74) is 0.716. The zero-order valence-corrected chi connectivity index (χ0v) is 22.3. The van der Waals surface area contributed by atoms with Crippen molar-refractivity contribution in [1.29, 1.82) is 0 Å². The third-order valence-corrected chi connectivity index (χ3v) is 8.66. The van der Waals surface area contributed by atoms with E-state index in [2.05, 4.69) is 14.8 Å². The number of rotatable bonds is 5. The molecule has 0 spiro atoms. The van der Waals surface area contributed by atoms with E-state index in [1.54, 1.807) is 18.2 Å². The molecule has 3 aliphatic heterocycles. The van der Waals surface area contributed by atoms with Crippen LogP contribution in [0.2, 0.25) is 0 Å². The molecule has 3 fully saturated rings. The SMILES string of the molecule is Oc1cc(-c2ccc3c(N4CCCOCC4)nc(OC[C@]45CCCN4C[C@H](F)C5)nc3c2F)c2ccccc2c1. The summed E-state index contributed by atoms with van der Waals surface area (Å²) in [6.07, 6.45) is 2.25. The minimum absolute atomic E-state index is 0.0632. The van der Waals surface area contributed by atoms with Crippen LogP contribution in [0, 0.1) is 5.82 Å². The van der Waals surface area contributed by atoms with E-state index in [9.17, 15) is 9.50 Å². The van der Waals surface area contributed by atoms with Gasteiger partial charge in [0.1, 0.15) is 29.9 Å². The lowest BCUT2D eigenvalue weighted by Gasteiger charge is -2.31. The number of anilines is 1. The number of hydrogen-bond acceptors (Lipinski definition) is 7. The number of phenolic OH excluding ortho intramolecular Hbond substituents is 1. The average molecular weight is 547 g/mol. The topological polar surface area (TPSA) is 71.0 Å². The maximum atomic E-state index is 16.5. The molecular formula is C31H32F2N4O3. The second-order valence-electron chi connectivity index (χ2n) is 11.2. The van der Waals surface area contributed by atoms with E-state index in [0.717, 1.165) is 36.6 Å². The van der Waals surface area contributed by atoms with Gasteiger partial charge in [0.25, 0.3) is 0 Å².